The van der Waals surface area contributed by atoms with Crippen molar-refractivity contribution in [2.45, 2.75) is 58.7 Å². The van der Waals surface area contributed by atoms with Gasteiger partial charge in [-0.25, -0.2) is 0 Å². The molecule has 2 aliphatic rings. The highest BCUT2D eigenvalue weighted by molar-refractivity contribution is 5.45. The van der Waals surface area contributed by atoms with Crippen molar-refractivity contribution in [1.82, 2.24) is 4.98 Å². The zero-order chi connectivity index (χ0) is 13.1. The van der Waals surface area contributed by atoms with Gasteiger partial charge in [0.15, 0.2) is 0 Å². The average molecular weight is 245 g/mol. The highest BCUT2D eigenvalue weighted by Gasteiger charge is 2.63. The van der Waals surface area contributed by atoms with Crippen LogP contribution in [0.1, 0.15) is 57.4 Å². The Bertz CT molecular complexity index is 478. The Morgan fingerprint density at radius 3 is 2.28 bits per heavy atom. The molecule has 0 radical (unpaired) electrons. The van der Waals surface area contributed by atoms with Crippen LogP contribution in [0.2, 0.25) is 0 Å². The van der Waals surface area contributed by atoms with Crippen molar-refractivity contribution in [2.75, 3.05) is 0 Å². The van der Waals surface area contributed by atoms with Crippen LogP contribution in [0.4, 0.5) is 0 Å². The lowest BCUT2D eigenvalue weighted by Gasteiger charge is -2.39. The highest BCUT2D eigenvalue weighted by atomic mass is 16.5. The molecule has 0 amide bonds. The SMILES string of the molecule is Cc1ccnc2c1C(C(C)C)(C(C)C)OC21CC1. The number of aryl methyl sites for hydroxylation is 1. The molecule has 0 atom stereocenters. The predicted octanol–water partition coefficient (Wildman–Crippen LogP) is 3.92. The Balaban J connectivity index is 2.27. The summed E-state index contributed by atoms with van der Waals surface area (Å²) in [5.41, 5.74) is 3.75. The quantitative estimate of drug-likeness (QED) is 0.788. The standard InChI is InChI=1S/C16H23NO/c1-10(2)16(11(3)4)13-12(5)6-9-17-14(13)15(18-16)7-8-15/h6,9-11H,7-8H2,1-5H3. The molecule has 1 aromatic heterocycles. The fraction of sp³-hybridized carbons (Fsp3) is 0.688. The maximum absolute atomic E-state index is 6.66. The van der Waals surface area contributed by atoms with Gasteiger partial charge in [0.25, 0.3) is 0 Å². The van der Waals surface area contributed by atoms with Crippen molar-refractivity contribution in [3.05, 3.63) is 29.1 Å². The van der Waals surface area contributed by atoms with Gasteiger partial charge in [0.1, 0.15) is 11.2 Å². The van der Waals surface area contributed by atoms with E-state index in [1.165, 1.54) is 16.8 Å². The van der Waals surface area contributed by atoms with Crippen LogP contribution < -0.4 is 0 Å². The van der Waals surface area contributed by atoms with Crippen LogP contribution >= 0.6 is 0 Å². The van der Waals surface area contributed by atoms with E-state index < -0.39 is 0 Å². The fourth-order valence-electron chi connectivity index (χ4n) is 3.75. The number of hydrogen-bond acceptors (Lipinski definition) is 2. The van der Waals surface area contributed by atoms with Crippen LogP contribution in [0.3, 0.4) is 0 Å². The molecule has 1 aliphatic heterocycles. The third-order valence-corrected chi connectivity index (χ3v) is 4.77. The minimum Gasteiger partial charge on any atom is -0.357 e. The Labute approximate surface area is 110 Å². The molecular weight excluding hydrogens is 222 g/mol. The second-order valence-corrected chi connectivity index (χ2v) is 6.55. The zero-order valence-corrected chi connectivity index (χ0v) is 12.1. The molecule has 98 valence electrons. The Morgan fingerprint density at radius 1 is 1.17 bits per heavy atom. The maximum Gasteiger partial charge on any atom is 0.112 e. The molecular formula is C16H23NO. The Kier molecular flexibility index (Phi) is 2.41. The molecule has 1 aromatic rings. The molecule has 18 heavy (non-hydrogen) atoms. The first kappa shape index (κ1) is 12.2. The van der Waals surface area contributed by atoms with E-state index >= 15 is 0 Å². The van der Waals surface area contributed by atoms with Crippen molar-refractivity contribution in [2.24, 2.45) is 11.8 Å². The number of rotatable bonds is 2. The van der Waals surface area contributed by atoms with E-state index in [2.05, 4.69) is 45.7 Å². The highest BCUT2D eigenvalue weighted by Crippen LogP contribution is 2.63. The first-order valence-corrected chi connectivity index (χ1v) is 7.11. The second-order valence-electron chi connectivity index (χ2n) is 6.55. The van der Waals surface area contributed by atoms with Crippen LogP contribution in [0, 0.1) is 18.8 Å². The molecule has 2 heterocycles. The summed E-state index contributed by atoms with van der Waals surface area (Å²) < 4.78 is 6.66. The van der Waals surface area contributed by atoms with E-state index in [4.69, 9.17) is 4.74 Å². The van der Waals surface area contributed by atoms with Crippen molar-refractivity contribution in [3.63, 3.8) is 0 Å². The number of ether oxygens (including phenoxy) is 1. The van der Waals surface area contributed by atoms with Crippen molar-refractivity contribution in [1.29, 1.82) is 0 Å². The molecule has 1 aliphatic carbocycles. The third kappa shape index (κ3) is 1.30. The van der Waals surface area contributed by atoms with Gasteiger partial charge >= 0.3 is 0 Å². The summed E-state index contributed by atoms with van der Waals surface area (Å²) in [6.45, 7) is 11.3. The smallest absolute Gasteiger partial charge is 0.112 e. The first-order valence-electron chi connectivity index (χ1n) is 7.11. The van der Waals surface area contributed by atoms with Crippen molar-refractivity contribution >= 4 is 0 Å². The number of hydrogen-bond donors (Lipinski definition) is 0. The van der Waals surface area contributed by atoms with Gasteiger partial charge in [0.05, 0.1) is 5.69 Å². The van der Waals surface area contributed by atoms with E-state index in [1.54, 1.807) is 0 Å². The molecule has 0 bridgehead atoms. The molecule has 2 heteroatoms. The Morgan fingerprint density at radius 2 is 1.78 bits per heavy atom. The van der Waals surface area contributed by atoms with Crippen LogP contribution in [-0.2, 0) is 15.9 Å². The molecule has 2 nitrogen and oxygen atoms in total. The van der Waals surface area contributed by atoms with Gasteiger partial charge in [0.2, 0.25) is 0 Å². The van der Waals surface area contributed by atoms with E-state index in [9.17, 15) is 0 Å². The van der Waals surface area contributed by atoms with Gasteiger partial charge in [-0.1, -0.05) is 27.7 Å². The molecule has 1 spiro atoms. The summed E-state index contributed by atoms with van der Waals surface area (Å²) in [4.78, 5) is 4.67. The number of pyridine rings is 1. The Hall–Kier alpha value is -0.890. The minimum atomic E-state index is -0.149. The van der Waals surface area contributed by atoms with Gasteiger partial charge in [-0.2, -0.15) is 0 Å². The summed E-state index contributed by atoms with van der Waals surface area (Å²) in [7, 11) is 0. The normalized spacial score (nSPS) is 22.8. The lowest BCUT2D eigenvalue weighted by atomic mass is 9.74. The lowest BCUT2D eigenvalue weighted by molar-refractivity contribution is -0.148. The molecule has 0 saturated heterocycles. The topological polar surface area (TPSA) is 22.1 Å². The van der Waals surface area contributed by atoms with Gasteiger partial charge < -0.3 is 4.74 Å². The molecule has 0 N–H and O–H groups in total. The third-order valence-electron chi connectivity index (χ3n) is 4.77. The zero-order valence-electron chi connectivity index (χ0n) is 12.1. The number of nitrogens with zero attached hydrogens (tertiary/aromatic N) is 1. The largest absolute Gasteiger partial charge is 0.357 e. The van der Waals surface area contributed by atoms with Crippen LogP contribution in [0.25, 0.3) is 0 Å². The lowest BCUT2D eigenvalue weighted by Crippen LogP contribution is -2.39. The monoisotopic (exact) mass is 245 g/mol. The average Bonchev–Trinajstić information content (AvgIpc) is 2.98. The summed E-state index contributed by atoms with van der Waals surface area (Å²) in [5, 5.41) is 0. The van der Waals surface area contributed by atoms with E-state index in [0.717, 1.165) is 12.8 Å². The van der Waals surface area contributed by atoms with Crippen LogP contribution in [0.5, 0.6) is 0 Å². The van der Waals surface area contributed by atoms with Crippen molar-refractivity contribution < 1.29 is 4.74 Å². The summed E-state index contributed by atoms with van der Waals surface area (Å²) in [5.74, 6) is 0.943. The molecule has 1 fully saturated rings. The molecule has 0 unspecified atom stereocenters. The van der Waals surface area contributed by atoms with E-state index in [0.29, 0.717) is 11.8 Å². The molecule has 3 rings (SSSR count). The predicted molar refractivity (Wildman–Crippen MR) is 72.3 cm³/mol. The van der Waals surface area contributed by atoms with E-state index in [1.807, 2.05) is 6.20 Å². The molecule has 1 saturated carbocycles. The number of aromatic nitrogens is 1. The summed E-state index contributed by atoms with van der Waals surface area (Å²) in [6, 6.07) is 2.13. The second kappa shape index (κ2) is 3.57. The van der Waals surface area contributed by atoms with Gasteiger partial charge in [-0.05, 0) is 43.2 Å². The fourth-order valence-corrected chi connectivity index (χ4v) is 3.75. The summed E-state index contributed by atoms with van der Waals surface area (Å²) in [6.07, 6.45) is 4.21. The van der Waals surface area contributed by atoms with E-state index in [-0.39, 0.29) is 11.2 Å². The first-order chi connectivity index (χ1) is 8.44. The van der Waals surface area contributed by atoms with Crippen molar-refractivity contribution in [3.8, 4) is 0 Å². The van der Waals surface area contributed by atoms with Gasteiger partial charge in [-0.15, -0.1) is 0 Å². The molecule has 0 aromatic carbocycles. The minimum absolute atomic E-state index is 0.0457. The number of fused-ring (bicyclic) bond motifs is 2. The van der Waals surface area contributed by atoms with Gasteiger partial charge in [0, 0.05) is 11.8 Å². The van der Waals surface area contributed by atoms with Crippen LogP contribution in [0.15, 0.2) is 12.3 Å². The summed E-state index contributed by atoms with van der Waals surface area (Å²) >= 11 is 0. The maximum atomic E-state index is 6.66. The van der Waals surface area contributed by atoms with Crippen LogP contribution in [-0.4, -0.2) is 4.98 Å². The van der Waals surface area contributed by atoms with Gasteiger partial charge in [-0.3, -0.25) is 4.98 Å².